The van der Waals surface area contributed by atoms with E-state index in [0.29, 0.717) is 21.8 Å². The molecular formula is C29H21ClN6O6. The van der Waals surface area contributed by atoms with Gasteiger partial charge in [0.05, 0.1) is 13.0 Å². The fourth-order valence-corrected chi connectivity index (χ4v) is 4.56. The predicted molar refractivity (Wildman–Crippen MR) is 151 cm³/mol. The number of nitrogens with one attached hydrogen (secondary N) is 1. The molecule has 1 atom stereocenters. The lowest BCUT2D eigenvalue weighted by atomic mass is 9.79. The quantitative estimate of drug-likeness (QED) is 0.167. The number of ether oxygens (including phenoxy) is 1. The molecule has 5 rings (SSSR count). The molecule has 2 N–H and O–H groups in total. The van der Waals surface area contributed by atoms with Gasteiger partial charge in [0, 0.05) is 10.7 Å². The number of Topliss-reactive ketones (excluding diaryl/α,β-unsaturated/α-hetero) is 2. The van der Waals surface area contributed by atoms with Crippen LogP contribution in [0.1, 0.15) is 28.7 Å². The number of aromatic nitrogens is 2. The highest BCUT2D eigenvalue weighted by Gasteiger charge is 2.44. The van der Waals surface area contributed by atoms with Gasteiger partial charge >= 0.3 is 12.0 Å². The standard InChI is InChI=1S/C29H21ClN6O6/c1-42-26(40)24(38)21(23(37)20(16-8-4-2-5-9-16)17-10-6-3-7-11-17)22-25(39)36-27(32-22)34-35-28(36)33-29(41)31-19-14-12-18(30)13-15-19/h2-15,20-21,39H,1H3,(H,31,41)/t21-/m1/s1. The van der Waals surface area contributed by atoms with Gasteiger partial charge in [0.1, 0.15) is 11.6 Å². The summed E-state index contributed by atoms with van der Waals surface area (Å²) in [6, 6.07) is 22.7. The van der Waals surface area contributed by atoms with Crippen LogP contribution in [0, 0.1) is 0 Å². The Kier molecular flexibility index (Phi) is 7.98. The van der Waals surface area contributed by atoms with Crippen LogP contribution in [-0.2, 0) is 19.1 Å². The molecule has 2 amide bonds. The smallest absolute Gasteiger partial charge is 0.375 e. The van der Waals surface area contributed by atoms with Crippen LogP contribution in [0.25, 0.3) is 0 Å². The molecule has 4 aromatic rings. The highest BCUT2D eigenvalue weighted by Crippen LogP contribution is 2.39. The van der Waals surface area contributed by atoms with Gasteiger partial charge in [-0.25, -0.2) is 19.1 Å². The lowest BCUT2D eigenvalue weighted by molar-refractivity contribution is -0.153. The predicted octanol–water partition coefficient (Wildman–Crippen LogP) is 5.00. The highest BCUT2D eigenvalue weighted by molar-refractivity contribution is 6.41. The zero-order valence-corrected chi connectivity index (χ0v) is 22.6. The average Bonchev–Trinajstić information content (AvgIpc) is 3.54. The van der Waals surface area contributed by atoms with E-state index in [1.807, 2.05) is 0 Å². The highest BCUT2D eigenvalue weighted by atomic mass is 35.5. The SMILES string of the molecule is COC(=O)C(=O)[C@@H](C(=O)C(c1ccccc1)c1ccccc1)c1nc2n(c1O)C(=NC(=O)Nc1ccc(Cl)cc1)N=N2. The average molecular weight is 585 g/mol. The summed E-state index contributed by atoms with van der Waals surface area (Å²) < 4.78 is 5.52. The number of benzene rings is 3. The first-order valence-corrected chi connectivity index (χ1v) is 12.8. The Hall–Kier alpha value is -5.49. The molecule has 1 aliphatic heterocycles. The maximum absolute atomic E-state index is 14.2. The summed E-state index contributed by atoms with van der Waals surface area (Å²) in [5.74, 6) is -7.59. The molecule has 0 bridgehead atoms. The first-order chi connectivity index (χ1) is 20.3. The van der Waals surface area contributed by atoms with Crippen LogP contribution in [0.3, 0.4) is 0 Å². The third-order valence-electron chi connectivity index (χ3n) is 6.34. The van der Waals surface area contributed by atoms with Gasteiger partial charge in [-0.3, -0.25) is 9.59 Å². The number of ketones is 2. The van der Waals surface area contributed by atoms with Crippen molar-refractivity contribution in [3.05, 3.63) is 107 Å². The van der Waals surface area contributed by atoms with Gasteiger partial charge in [0.25, 0.3) is 17.7 Å². The van der Waals surface area contributed by atoms with Crippen LogP contribution < -0.4 is 5.32 Å². The molecule has 0 aliphatic carbocycles. The largest absolute Gasteiger partial charge is 0.493 e. The topological polar surface area (TPSA) is 165 Å². The number of rotatable bonds is 8. The summed E-state index contributed by atoms with van der Waals surface area (Å²) in [6.07, 6.45) is 0. The number of hydrogen-bond acceptors (Lipinski definition) is 8. The Bertz CT molecular complexity index is 1700. The number of aliphatic imine (C=N–C) groups is 1. The number of urea groups is 1. The number of carbonyl (C=O) groups excluding carboxylic acids is 4. The Morgan fingerprint density at radius 1 is 0.905 bits per heavy atom. The van der Waals surface area contributed by atoms with E-state index in [9.17, 15) is 24.3 Å². The molecule has 1 aliphatic rings. The Balaban J connectivity index is 1.55. The Morgan fingerprint density at radius 3 is 2.07 bits per heavy atom. The fourth-order valence-electron chi connectivity index (χ4n) is 4.43. The van der Waals surface area contributed by atoms with Crippen molar-refractivity contribution in [2.24, 2.45) is 15.2 Å². The number of amides is 2. The summed E-state index contributed by atoms with van der Waals surface area (Å²) in [5, 5.41) is 21.8. The normalized spacial score (nSPS) is 13.5. The number of nitrogens with zero attached hydrogens (tertiary/aromatic N) is 5. The number of fused-ring (bicyclic) bond motifs is 1. The second-order valence-electron chi connectivity index (χ2n) is 8.95. The molecule has 42 heavy (non-hydrogen) atoms. The van der Waals surface area contributed by atoms with Crippen molar-refractivity contribution in [3.8, 4) is 5.88 Å². The molecular weight excluding hydrogens is 564 g/mol. The number of hydrogen-bond donors (Lipinski definition) is 2. The maximum atomic E-state index is 14.2. The van der Waals surface area contributed by atoms with E-state index >= 15 is 0 Å². The molecule has 0 unspecified atom stereocenters. The summed E-state index contributed by atoms with van der Waals surface area (Å²) in [7, 11) is 0.999. The number of azo groups is 1. The van der Waals surface area contributed by atoms with E-state index in [-0.39, 0.29) is 11.9 Å². The number of esters is 1. The van der Waals surface area contributed by atoms with Crippen LogP contribution >= 0.6 is 11.6 Å². The van der Waals surface area contributed by atoms with Crippen LogP contribution in [0.15, 0.2) is 100 Å². The summed E-state index contributed by atoms with van der Waals surface area (Å²) in [6.45, 7) is 0. The maximum Gasteiger partial charge on any atom is 0.375 e. The molecule has 0 saturated carbocycles. The van der Waals surface area contributed by atoms with Gasteiger partial charge in [-0.15, -0.1) is 10.2 Å². The molecule has 13 heteroatoms. The molecule has 2 heterocycles. The van der Waals surface area contributed by atoms with Crippen molar-refractivity contribution in [2.75, 3.05) is 12.4 Å². The number of imidazole rings is 1. The van der Waals surface area contributed by atoms with Gasteiger partial charge in [-0.05, 0) is 35.4 Å². The van der Waals surface area contributed by atoms with Crippen LogP contribution in [0.2, 0.25) is 5.02 Å². The third-order valence-corrected chi connectivity index (χ3v) is 6.60. The van der Waals surface area contributed by atoms with E-state index in [2.05, 4.69) is 30.3 Å². The Morgan fingerprint density at radius 2 is 1.50 bits per heavy atom. The van der Waals surface area contributed by atoms with Crippen LogP contribution in [-0.4, -0.2) is 51.3 Å². The summed E-state index contributed by atoms with van der Waals surface area (Å²) in [5.41, 5.74) is 1.01. The van der Waals surface area contributed by atoms with Gasteiger partial charge in [-0.1, -0.05) is 72.3 Å². The van der Waals surface area contributed by atoms with Crippen LogP contribution in [0.4, 0.5) is 16.4 Å². The lowest BCUT2D eigenvalue weighted by Gasteiger charge is -2.21. The van der Waals surface area contributed by atoms with Crippen LogP contribution in [0.5, 0.6) is 5.88 Å². The van der Waals surface area contributed by atoms with Crippen molar-refractivity contribution in [3.63, 3.8) is 0 Å². The van der Waals surface area contributed by atoms with Gasteiger partial charge < -0.3 is 15.2 Å². The molecule has 0 radical (unpaired) electrons. The first-order valence-electron chi connectivity index (χ1n) is 12.4. The summed E-state index contributed by atoms with van der Waals surface area (Å²) >= 11 is 5.87. The van der Waals surface area contributed by atoms with E-state index in [1.54, 1.807) is 84.9 Å². The Labute approximate surface area is 243 Å². The first kappa shape index (κ1) is 28.1. The van der Waals surface area contributed by atoms with E-state index in [0.717, 1.165) is 11.7 Å². The number of anilines is 1. The van der Waals surface area contributed by atoms with Gasteiger partial charge in [0.15, 0.2) is 5.78 Å². The number of methoxy groups -OCH3 is 1. The van der Waals surface area contributed by atoms with Crippen molar-refractivity contribution < 1.29 is 29.0 Å². The second kappa shape index (κ2) is 11.9. The zero-order chi connectivity index (χ0) is 29.8. The van der Waals surface area contributed by atoms with E-state index in [4.69, 9.17) is 11.6 Å². The lowest BCUT2D eigenvalue weighted by Crippen LogP contribution is -2.33. The van der Waals surface area contributed by atoms with E-state index < -0.39 is 47.0 Å². The molecule has 1 aromatic heterocycles. The minimum atomic E-state index is -1.89. The van der Waals surface area contributed by atoms with Crippen molar-refractivity contribution in [2.45, 2.75) is 11.8 Å². The molecule has 0 spiro atoms. The van der Waals surface area contributed by atoms with Gasteiger partial charge in [0.2, 0.25) is 5.88 Å². The minimum Gasteiger partial charge on any atom is -0.493 e. The molecule has 12 nitrogen and oxygen atoms in total. The molecule has 0 saturated heterocycles. The van der Waals surface area contributed by atoms with Gasteiger partial charge in [-0.2, -0.15) is 4.99 Å². The molecule has 3 aromatic carbocycles. The summed E-state index contributed by atoms with van der Waals surface area (Å²) in [4.78, 5) is 60.5. The zero-order valence-electron chi connectivity index (χ0n) is 21.8. The fraction of sp³-hybridized carbons (Fsp3) is 0.103. The van der Waals surface area contributed by atoms with Crippen molar-refractivity contribution in [1.82, 2.24) is 9.55 Å². The monoisotopic (exact) mass is 584 g/mol. The number of halogens is 1. The second-order valence-corrected chi connectivity index (χ2v) is 9.39. The van der Waals surface area contributed by atoms with Crippen molar-refractivity contribution in [1.29, 1.82) is 0 Å². The van der Waals surface area contributed by atoms with E-state index in [1.165, 1.54) is 0 Å². The third kappa shape index (κ3) is 5.56. The molecule has 210 valence electrons. The minimum absolute atomic E-state index is 0.257. The molecule has 0 fully saturated rings. The number of aromatic hydroxyl groups is 1. The number of carbonyl (C=O) groups is 4. The van der Waals surface area contributed by atoms with Crippen molar-refractivity contribution >= 4 is 52.8 Å².